The number of carbonyl (C=O) groups excluding carboxylic acids is 1. The molecule has 224 valence electrons. The lowest BCUT2D eigenvalue weighted by Crippen LogP contribution is -2.37. The maximum atomic E-state index is 13.1. The molecule has 3 aromatic rings. The number of ether oxygens (including phenoxy) is 2. The van der Waals surface area contributed by atoms with Crippen LogP contribution in [0.2, 0.25) is 0 Å². The molecular formula is C26H29N5O9S2. The minimum atomic E-state index is -4.53. The number of nitro benzene ring substituents is 1. The molecule has 1 amide bonds. The number of rotatable bonds is 12. The number of benzene rings is 2. The van der Waals surface area contributed by atoms with Crippen molar-refractivity contribution in [1.82, 2.24) is 14.6 Å². The summed E-state index contributed by atoms with van der Waals surface area (Å²) in [6.07, 6.45) is 4.08. The highest BCUT2D eigenvalue weighted by atomic mass is 32.2. The zero-order valence-electron chi connectivity index (χ0n) is 22.6. The number of hydrogen-bond acceptors (Lipinski definition) is 12. The molecule has 42 heavy (non-hydrogen) atoms. The maximum absolute atomic E-state index is 13.1. The Morgan fingerprint density at radius 3 is 2.52 bits per heavy atom. The van der Waals surface area contributed by atoms with Gasteiger partial charge in [0.15, 0.2) is 9.84 Å². The van der Waals surface area contributed by atoms with E-state index in [1.807, 2.05) is 4.72 Å². The molecule has 1 fully saturated rings. The zero-order chi connectivity index (χ0) is 30.3. The van der Waals surface area contributed by atoms with E-state index in [4.69, 9.17) is 9.47 Å². The molecule has 1 saturated heterocycles. The highest BCUT2D eigenvalue weighted by molar-refractivity contribution is 7.90. The number of hydrogen-bond donors (Lipinski definition) is 2. The van der Waals surface area contributed by atoms with Crippen molar-refractivity contribution in [3.8, 4) is 11.5 Å². The van der Waals surface area contributed by atoms with Gasteiger partial charge in [0, 0.05) is 44.2 Å². The third-order valence-electron chi connectivity index (χ3n) is 6.25. The zero-order valence-corrected chi connectivity index (χ0v) is 24.2. The quantitative estimate of drug-likeness (QED) is 0.172. The van der Waals surface area contributed by atoms with E-state index in [0.29, 0.717) is 26.2 Å². The number of amides is 1. The summed E-state index contributed by atoms with van der Waals surface area (Å²) in [6.45, 7) is 4.19. The summed E-state index contributed by atoms with van der Waals surface area (Å²) in [5.74, 6) is -1.13. The van der Waals surface area contributed by atoms with E-state index in [2.05, 4.69) is 15.2 Å². The van der Waals surface area contributed by atoms with E-state index in [0.717, 1.165) is 44.2 Å². The molecule has 0 unspecified atom stereocenters. The number of anilines is 1. The SMILES string of the molecule is CS(=O)(=O)c1cncc(Oc2ccccc2C(=O)NS(=O)(=O)c2ccc(NCCCN3CCOCC3)c([N+](=O)[O-])c2)c1. The summed E-state index contributed by atoms with van der Waals surface area (Å²) in [5.41, 5.74) is -0.492. The van der Waals surface area contributed by atoms with Crippen molar-refractivity contribution < 1.29 is 36.0 Å². The minimum Gasteiger partial charge on any atom is -0.455 e. The summed E-state index contributed by atoms with van der Waals surface area (Å²) in [5, 5.41) is 14.7. The number of morpholine rings is 1. The molecule has 2 aromatic carbocycles. The fourth-order valence-electron chi connectivity index (χ4n) is 4.09. The van der Waals surface area contributed by atoms with Crippen LogP contribution < -0.4 is 14.8 Å². The van der Waals surface area contributed by atoms with Gasteiger partial charge in [-0.1, -0.05) is 12.1 Å². The van der Waals surface area contributed by atoms with Crippen LogP contribution in [0.15, 0.2) is 70.7 Å². The van der Waals surface area contributed by atoms with Crippen LogP contribution in [0.25, 0.3) is 0 Å². The molecule has 1 aliphatic rings. The van der Waals surface area contributed by atoms with Crippen molar-refractivity contribution in [1.29, 1.82) is 0 Å². The van der Waals surface area contributed by atoms with E-state index in [1.54, 1.807) is 0 Å². The predicted molar refractivity (Wildman–Crippen MR) is 152 cm³/mol. The summed E-state index contributed by atoms with van der Waals surface area (Å²) in [4.78, 5) is 29.5. The van der Waals surface area contributed by atoms with Crippen molar-refractivity contribution in [2.45, 2.75) is 16.2 Å². The summed E-state index contributed by atoms with van der Waals surface area (Å²) in [7, 11) is -8.12. The summed E-state index contributed by atoms with van der Waals surface area (Å²) < 4.78 is 62.7. The lowest BCUT2D eigenvalue weighted by atomic mass is 10.2. The van der Waals surface area contributed by atoms with Crippen molar-refractivity contribution >= 4 is 37.1 Å². The first-order chi connectivity index (χ1) is 19.9. The lowest BCUT2D eigenvalue weighted by molar-refractivity contribution is -0.384. The van der Waals surface area contributed by atoms with Crippen molar-refractivity contribution in [3.05, 3.63) is 76.6 Å². The van der Waals surface area contributed by atoms with Gasteiger partial charge >= 0.3 is 0 Å². The molecule has 0 saturated carbocycles. The van der Waals surface area contributed by atoms with E-state index >= 15 is 0 Å². The van der Waals surface area contributed by atoms with E-state index < -0.39 is 41.3 Å². The number of pyridine rings is 1. The van der Waals surface area contributed by atoms with Crippen LogP contribution >= 0.6 is 0 Å². The molecule has 14 nitrogen and oxygen atoms in total. The standard InChI is InChI=1S/C26H29N5O9S2/c1-41(35,36)21-15-19(17-27-18-21)40-25-6-3-2-5-22(25)26(32)29-42(37,38)20-7-8-23(24(16-20)31(33)34)28-9-4-10-30-11-13-39-14-12-30/h2-3,5-8,15-18,28H,4,9-14H2,1H3,(H,29,32). The Bertz CT molecular complexity index is 1670. The average Bonchev–Trinajstić information content (AvgIpc) is 2.95. The summed E-state index contributed by atoms with van der Waals surface area (Å²) in [6, 6.07) is 10.2. The molecule has 2 heterocycles. The Kier molecular flexibility index (Phi) is 9.72. The van der Waals surface area contributed by atoms with Gasteiger partial charge in [-0.25, -0.2) is 21.6 Å². The van der Waals surface area contributed by atoms with Crippen molar-refractivity contribution in [2.24, 2.45) is 0 Å². The Balaban J connectivity index is 1.47. The minimum absolute atomic E-state index is 0.00434. The molecule has 1 aliphatic heterocycles. The Labute approximate surface area is 242 Å². The Morgan fingerprint density at radius 1 is 1.07 bits per heavy atom. The molecule has 0 bridgehead atoms. The molecule has 1 aromatic heterocycles. The number of nitro groups is 1. The van der Waals surface area contributed by atoms with Gasteiger partial charge in [-0.2, -0.15) is 0 Å². The second-order valence-electron chi connectivity index (χ2n) is 9.33. The normalized spacial score (nSPS) is 14.2. The number of sulfone groups is 1. The highest BCUT2D eigenvalue weighted by Crippen LogP contribution is 2.29. The van der Waals surface area contributed by atoms with Crippen LogP contribution in [0.3, 0.4) is 0 Å². The van der Waals surface area contributed by atoms with E-state index in [-0.39, 0.29) is 27.6 Å². The third-order valence-corrected chi connectivity index (χ3v) is 8.66. The lowest BCUT2D eigenvalue weighted by Gasteiger charge is -2.26. The second kappa shape index (κ2) is 13.2. The molecule has 0 spiro atoms. The number of nitrogens with one attached hydrogen (secondary N) is 2. The molecule has 0 atom stereocenters. The van der Waals surface area contributed by atoms with Crippen LogP contribution in [0.1, 0.15) is 16.8 Å². The van der Waals surface area contributed by atoms with E-state index in [1.165, 1.54) is 42.6 Å². The van der Waals surface area contributed by atoms with Crippen LogP contribution in [-0.4, -0.2) is 83.2 Å². The average molecular weight is 620 g/mol. The first-order valence-corrected chi connectivity index (χ1v) is 16.1. The molecule has 0 radical (unpaired) electrons. The highest BCUT2D eigenvalue weighted by Gasteiger charge is 2.25. The number of aromatic nitrogens is 1. The molecule has 0 aliphatic carbocycles. The van der Waals surface area contributed by atoms with Gasteiger partial charge in [-0.05, 0) is 37.2 Å². The maximum Gasteiger partial charge on any atom is 0.293 e. The van der Waals surface area contributed by atoms with Crippen LogP contribution in [0.4, 0.5) is 11.4 Å². The number of sulfonamides is 1. The predicted octanol–water partition coefficient (Wildman–Crippen LogP) is 2.44. The molecule has 2 N–H and O–H groups in total. The fraction of sp³-hybridized carbons (Fsp3) is 0.308. The monoisotopic (exact) mass is 619 g/mol. The van der Waals surface area contributed by atoms with Gasteiger partial charge in [-0.15, -0.1) is 0 Å². The first-order valence-electron chi connectivity index (χ1n) is 12.8. The van der Waals surface area contributed by atoms with Gasteiger partial charge in [0.25, 0.3) is 21.6 Å². The smallest absolute Gasteiger partial charge is 0.293 e. The van der Waals surface area contributed by atoms with E-state index in [9.17, 15) is 31.7 Å². The van der Waals surface area contributed by atoms with Gasteiger partial charge < -0.3 is 14.8 Å². The van der Waals surface area contributed by atoms with Crippen LogP contribution in [0, 0.1) is 10.1 Å². The molecular weight excluding hydrogens is 590 g/mol. The first kappa shape index (κ1) is 30.8. The van der Waals surface area contributed by atoms with Crippen LogP contribution in [0.5, 0.6) is 11.5 Å². The van der Waals surface area contributed by atoms with Gasteiger partial charge in [-0.3, -0.25) is 24.8 Å². The van der Waals surface area contributed by atoms with Gasteiger partial charge in [0.2, 0.25) is 0 Å². The van der Waals surface area contributed by atoms with Gasteiger partial charge in [0.05, 0.1) is 39.7 Å². The summed E-state index contributed by atoms with van der Waals surface area (Å²) >= 11 is 0. The molecule has 4 rings (SSSR count). The third kappa shape index (κ3) is 8.00. The van der Waals surface area contributed by atoms with Gasteiger partial charge in [0.1, 0.15) is 17.2 Å². The molecule has 16 heteroatoms. The van der Waals surface area contributed by atoms with Crippen LogP contribution in [-0.2, 0) is 24.6 Å². The largest absolute Gasteiger partial charge is 0.455 e. The number of para-hydroxylation sites is 1. The van der Waals surface area contributed by atoms with Crippen molar-refractivity contribution in [2.75, 3.05) is 51.0 Å². The Morgan fingerprint density at radius 2 is 1.81 bits per heavy atom. The fourth-order valence-corrected chi connectivity index (χ4v) is 5.66. The van der Waals surface area contributed by atoms with Crippen molar-refractivity contribution in [3.63, 3.8) is 0 Å². The topological polar surface area (TPSA) is 187 Å². The Hall–Kier alpha value is -4.12. The number of nitrogens with zero attached hydrogens (tertiary/aromatic N) is 3. The second-order valence-corrected chi connectivity index (χ2v) is 13.0. The number of carbonyl (C=O) groups is 1.